The second-order valence-corrected chi connectivity index (χ2v) is 6.02. The molecule has 0 saturated carbocycles. The molecule has 0 aromatic heterocycles. The first-order valence-electron chi connectivity index (χ1n) is 4.60. The Morgan fingerprint density at radius 2 is 2.00 bits per heavy atom. The molecule has 0 bridgehead atoms. The van der Waals surface area contributed by atoms with Gasteiger partial charge in [0, 0.05) is 11.0 Å². The van der Waals surface area contributed by atoms with Crippen LogP contribution in [-0.4, -0.2) is 15.0 Å². The molecule has 4 nitrogen and oxygen atoms in total. The first-order chi connectivity index (χ1) is 7.45. The lowest BCUT2D eigenvalue weighted by atomic mass is 10.2. The number of halogens is 1. The summed E-state index contributed by atoms with van der Waals surface area (Å²) in [5, 5.41) is 8.55. The summed E-state index contributed by atoms with van der Waals surface area (Å²) in [6.45, 7) is 1.78. The molecule has 0 aliphatic carbocycles. The van der Waals surface area contributed by atoms with Crippen molar-refractivity contribution in [3.05, 3.63) is 28.7 Å². The van der Waals surface area contributed by atoms with Gasteiger partial charge < -0.3 is 0 Å². The second kappa shape index (κ2) is 5.43. The number of rotatable bonds is 4. The van der Waals surface area contributed by atoms with E-state index in [0.29, 0.717) is 0 Å². The largest absolute Gasteiger partial charge is 0.240 e. The summed E-state index contributed by atoms with van der Waals surface area (Å²) in [6, 6.07) is 8.28. The molecule has 0 saturated heterocycles. The normalized spacial score (nSPS) is 13.1. The zero-order valence-electron chi connectivity index (χ0n) is 8.64. The van der Waals surface area contributed by atoms with Gasteiger partial charge in [-0.1, -0.05) is 15.9 Å². The van der Waals surface area contributed by atoms with Gasteiger partial charge in [0.25, 0.3) is 0 Å². The molecule has 1 atom stereocenters. The molecule has 86 valence electrons. The molecule has 1 N–H and O–H groups in total. The van der Waals surface area contributed by atoms with E-state index in [-0.39, 0.29) is 17.4 Å². The molecule has 6 heteroatoms. The quantitative estimate of drug-likeness (QED) is 0.923. The van der Waals surface area contributed by atoms with E-state index in [2.05, 4.69) is 20.7 Å². The highest BCUT2D eigenvalue weighted by Crippen LogP contribution is 2.14. The molecule has 1 aromatic rings. The van der Waals surface area contributed by atoms with E-state index in [4.69, 9.17) is 5.26 Å². The lowest BCUT2D eigenvalue weighted by Gasteiger charge is -2.07. The summed E-state index contributed by atoms with van der Waals surface area (Å²) >= 11 is 3.23. The minimum atomic E-state index is -3.50. The maximum Gasteiger partial charge on any atom is 0.240 e. The van der Waals surface area contributed by atoms with Crippen LogP contribution >= 0.6 is 15.9 Å². The van der Waals surface area contributed by atoms with Gasteiger partial charge in [0.05, 0.1) is 16.9 Å². The first-order valence-corrected chi connectivity index (χ1v) is 6.88. The summed E-state index contributed by atoms with van der Waals surface area (Å²) < 4.78 is 26.7. The standard InChI is InChI=1S/C10H11BrN2O2S/c1-8(6-12)7-13-16(14,15)10-4-2-9(11)3-5-10/h2-5,8,13H,7H2,1H3. The van der Waals surface area contributed by atoms with Gasteiger partial charge in [-0.05, 0) is 31.2 Å². The van der Waals surface area contributed by atoms with E-state index < -0.39 is 10.0 Å². The molecule has 0 heterocycles. The molecular weight excluding hydrogens is 292 g/mol. The van der Waals surface area contributed by atoms with Crippen molar-refractivity contribution in [2.24, 2.45) is 5.92 Å². The summed E-state index contributed by atoms with van der Waals surface area (Å²) in [4.78, 5) is 0.195. The van der Waals surface area contributed by atoms with Gasteiger partial charge in [-0.15, -0.1) is 0 Å². The minimum absolute atomic E-state index is 0.120. The third kappa shape index (κ3) is 3.59. The van der Waals surface area contributed by atoms with Gasteiger partial charge in [-0.2, -0.15) is 5.26 Å². The highest BCUT2D eigenvalue weighted by Gasteiger charge is 2.14. The molecular formula is C10H11BrN2O2S. The van der Waals surface area contributed by atoms with Gasteiger partial charge in [-0.25, -0.2) is 13.1 Å². The van der Waals surface area contributed by atoms with Gasteiger partial charge in [0.2, 0.25) is 10.0 Å². The Hall–Kier alpha value is -0.900. The molecule has 1 rings (SSSR count). The van der Waals surface area contributed by atoms with Crippen LogP contribution in [-0.2, 0) is 10.0 Å². The van der Waals surface area contributed by atoms with Gasteiger partial charge in [0.1, 0.15) is 0 Å². The average molecular weight is 303 g/mol. The van der Waals surface area contributed by atoms with Crippen LogP contribution in [0.2, 0.25) is 0 Å². The van der Waals surface area contributed by atoms with Crippen LogP contribution in [0.1, 0.15) is 6.92 Å². The molecule has 1 unspecified atom stereocenters. The van der Waals surface area contributed by atoms with Crippen molar-refractivity contribution in [3.63, 3.8) is 0 Å². The van der Waals surface area contributed by atoms with Gasteiger partial charge in [-0.3, -0.25) is 0 Å². The van der Waals surface area contributed by atoms with Crippen LogP contribution in [0.4, 0.5) is 0 Å². The second-order valence-electron chi connectivity index (χ2n) is 3.34. The molecule has 16 heavy (non-hydrogen) atoms. The number of nitrogens with one attached hydrogen (secondary N) is 1. The lowest BCUT2D eigenvalue weighted by Crippen LogP contribution is -2.27. The predicted molar refractivity (Wildman–Crippen MR) is 64.1 cm³/mol. The number of benzene rings is 1. The first kappa shape index (κ1) is 13.2. The SMILES string of the molecule is CC(C#N)CNS(=O)(=O)c1ccc(Br)cc1. The monoisotopic (exact) mass is 302 g/mol. The topological polar surface area (TPSA) is 70.0 Å². The molecule has 0 amide bonds. The van der Waals surface area contributed by atoms with Crippen molar-refractivity contribution in [2.75, 3.05) is 6.54 Å². The lowest BCUT2D eigenvalue weighted by molar-refractivity contribution is 0.573. The maximum absolute atomic E-state index is 11.7. The van der Waals surface area contributed by atoms with E-state index in [0.717, 1.165) is 4.47 Å². The smallest absolute Gasteiger partial charge is 0.210 e. The fraction of sp³-hybridized carbons (Fsp3) is 0.300. The molecule has 0 spiro atoms. The van der Waals surface area contributed by atoms with Crippen molar-refractivity contribution >= 4 is 26.0 Å². The number of nitriles is 1. The highest BCUT2D eigenvalue weighted by molar-refractivity contribution is 9.10. The summed E-state index contributed by atoms with van der Waals surface area (Å²) in [7, 11) is -3.50. The Bertz CT molecular complexity index is 491. The van der Waals surface area contributed by atoms with Gasteiger partial charge >= 0.3 is 0 Å². The third-order valence-electron chi connectivity index (χ3n) is 1.92. The van der Waals surface area contributed by atoms with Crippen molar-refractivity contribution < 1.29 is 8.42 Å². The number of hydrogen-bond donors (Lipinski definition) is 1. The van der Waals surface area contributed by atoms with Crippen LogP contribution in [0.5, 0.6) is 0 Å². The van der Waals surface area contributed by atoms with Crippen molar-refractivity contribution in [1.82, 2.24) is 4.72 Å². The van der Waals surface area contributed by atoms with Crippen molar-refractivity contribution in [3.8, 4) is 6.07 Å². The van der Waals surface area contributed by atoms with E-state index in [9.17, 15) is 8.42 Å². The van der Waals surface area contributed by atoms with E-state index in [1.54, 1.807) is 19.1 Å². The number of hydrogen-bond acceptors (Lipinski definition) is 3. The Morgan fingerprint density at radius 1 is 1.44 bits per heavy atom. The van der Waals surface area contributed by atoms with E-state index >= 15 is 0 Å². The Balaban J connectivity index is 2.79. The molecule has 0 fully saturated rings. The predicted octanol–water partition coefficient (Wildman–Crippen LogP) is 1.89. The van der Waals surface area contributed by atoms with Crippen molar-refractivity contribution in [1.29, 1.82) is 5.26 Å². The minimum Gasteiger partial charge on any atom is -0.210 e. The number of nitrogens with zero attached hydrogens (tertiary/aromatic N) is 1. The van der Waals surface area contributed by atoms with Crippen LogP contribution in [0.15, 0.2) is 33.6 Å². The maximum atomic E-state index is 11.7. The fourth-order valence-electron chi connectivity index (χ4n) is 0.977. The summed E-state index contributed by atoms with van der Waals surface area (Å²) in [5.41, 5.74) is 0. The fourth-order valence-corrected chi connectivity index (χ4v) is 2.37. The van der Waals surface area contributed by atoms with E-state index in [1.165, 1.54) is 12.1 Å². The van der Waals surface area contributed by atoms with Crippen LogP contribution < -0.4 is 4.72 Å². The Labute approximate surface area is 103 Å². The van der Waals surface area contributed by atoms with Crippen molar-refractivity contribution in [2.45, 2.75) is 11.8 Å². The van der Waals surface area contributed by atoms with E-state index in [1.807, 2.05) is 6.07 Å². The number of sulfonamides is 1. The molecule has 0 aliphatic rings. The van der Waals surface area contributed by atoms with Crippen LogP contribution in [0, 0.1) is 17.2 Å². The zero-order valence-corrected chi connectivity index (χ0v) is 11.0. The average Bonchev–Trinajstić information content (AvgIpc) is 2.26. The van der Waals surface area contributed by atoms with Crippen LogP contribution in [0.25, 0.3) is 0 Å². The van der Waals surface area contributed by atoms with Gasteiger partial charge in [0.15, 0.2) is 0 Å². The highest BCUT2D eigenvalue weighted by atomic mass is 79.9. The Morgan fingerprint density at radius 3 is 2.50 bits per heavy atom. The zero-order chi connectivity index (χ0) is 12.2. The van der Waals surface area contributed by atoms with Crippen LogP contribution in [0.3, 0.4) is 0 Å². The molecule has 0 aliphatic heterocycles. The summed E-state index contributed by atoms with van der Waals surface area (Å²) in [5.74, 6) is -0.342. The Kier molecular flexibility index (Phi) is 4.47. The summed E-state index contributed by atoms with van der Waals surface area (Å²) in [6.07, 6.45) is 0. The molecule has 1 aromatic carbocycles. The third-order valence-corrected chi connectivity index (χ3v) is 3.89. The molecule has 0 radical (unpaired) electrons.